The van der Waals surface area contributed by atoms with Gasteiger partial charge in [-0.05, 0) is 48.5 Å². The van der Waals surface area contributed by atoms with Crippen molar-refractivity contribution in [3.05, 3.63) is 82.6 Å². The summed E-state index contributed by atoms with van der Waals surface area (Å²) in [5.74, 6) is 1.21. The molecule has 0 saturated heterocycles. The fraction of sp³-hybridized carbons (Fsp3) is 0.0500. The van der Waals surface area contributed by atoms with Crippen molar-refractivity contribution < 1.29 is 9.13 Å². The quantitative estimate of drug-likeness (QED) is 0.479. The number of halogens is 2. The van der Waals surface area contributed by atoms with Crippen molar-refractivity contribution in [3.8, 4) is 17.1 Å². The zero-order chi connectivity index (χ0) is 17.2. The Kier molecular flexibility index (Phi) is 4.24. The number of aromatic nitrogens is 2. The minimum absolute atomic E-state index is 0.184. The van der Waals surface area contributed by atoms with Crippen LogP contribution in [0.4, 0.5) is 4.39 Å². The number of para-hydroxylation sites is 2. The van der Waals surface area contributed by atoms with Gasteiger partial charge < -0.3 is 9.72 Å². The first-order chi connectivity index (χ1) is 12.2. The molecule has 0 aliphatic rings. The predicted octanol–water partition coefficient (Wildman–Crippen LogP) is 5.71. The molecule has 0 atom stereocenters. The van der Waals surface area contributed by atoms with Gasteiger partial charge in [0.2, 0.25) is 0 Å². The van der Waals surface area contributed by atoms with Crippen molar-refractivity contribution in [1.29, 1.82) is 0 Å². The molecule has 4 aromatic rings. The summed E-state index contributed by atoms with van der Waals surface area (Å²) >= 11 is 3.25. The Labute approximate surface area is 152 Å². The monoisotopic (exact) mass is 396 g/mol. The first-order valence-electron chi connectivity index (χ1n) is 7.81. The molecule has 1 heterocycles. The van der Waals surface area contributed by atoms with Crippen LogP contribution >= 0.6 is 15.9 Å². The smallest absolute Gasteiger partial charge is 0.138 e. The van der Waals surface area contributed by atoms with E-state index in [2.05, 4.69) is 25.9 Å². The second-order valence-corrected chi connectivity index (χ2v) is 6.57. The fourth-order valence-corrected chi connectivity index (χ4v) is 2.93. The van der Waals surface area contributed by atoms with Gasteiger partial charge in [0.25, 0.3) is 0 Å². The lowest BCUT2D eigenvalue weighted by molar-refractivity contribution is 0.300. The Morgan fingerprint density at radius 1 is 1.00 bits per heavy atom. The van der Waals surface area contributed by atoms with Crippen LogP contribution in [-0.2, 0) is 6.61 Å². The summed E-state index contributed by atoms with van der Waals surface area (Å²) in [4.78, 5) is 7.87. The lowest BCUT2D eigenvalue weighted by Crippen LogP contribution is -1.98. The summed E-state index contributed by atoms with van der Waals surface area (Å²) < 4.78 is 20.2. The SMILES string of the molecule is Fc1cc(Br)ccc1COc1ccc(-c2nc3ccccc3[nH]2)cc1. The number of hydrogen-bond donors (Lipinski definition) is 1. The average molecular weight is 397 g/mol. The molecule has 124 valence electrons. The first kappa shape index (κ1) is 15.8. The van der Waals surface area contributed by atoms with Gasteiger partial charge in [-0.3, -0.25) is 0 Å². The molecular formula is C20H14BrFN2O. The molecule has 0 aliphatic heterocycles. The van der Waals surface area contributed by atoms with Crippen LogP contribution < -0.4 is 4.74 Å². The molecule has 3 nitrogen and oxygen atoms in total. The largest absolute Gasteiger partial charge is 0.489 e. The third kappa shape index (κ3) is 3.42. The number of hydrogen-bond acceptors (Lipinski definition) is 2. The number of nitrogens with one attached hydrogen (secondary N) is 1. The van der Waals surface area contributed by atoms with Gasteiger partial charge in [0, 0.05) is 15.6 Å². The average Bonchev–Trinajstić information content (AvgIpc) is 3.05. The van der Waals surface area contributed by atoms with E-state index < -0.39 is 0 Å². The van der Waals surface area contributed by atoms with E-state index in [-0.39, 0.29) is 12.4 Å². The minimum Gasteiger partial charge on any atom is -0.489 e. The zero-order valence-electron chi connectivity index (χ0n) is 13.2. The number of imidazole rings is 1. The van der Waals surface area contributed by atoms with Crippen LogP contribution in [0.1, 0.15) is 5.56 Å². The molecule has 0 bridgehead atoms. The molecule has 4 rings (SSSR count). The van der Waals surface area contributed by atoms with Gasteiger partial charge in [-0.2, -0.15) is 0 Å². The van der Waals surface area contributed by atoms with Crippen LogP contribution in [0.15, 0.2) is 71.2 Å². The van der Waals surface area contributed by atoms with Gasteiger partial charge in [0.1, 0.15) is 24.0 Å². The summed E-state index contributed by atoms with van der Waals surface area (Å²) in [5, 5.41) is 0. The van der Waals surface area contributed by atoms with Crippen molar-refractivity contribution in [3.63, 3.8) is 0 Å². The predicted molar refractivity (Wildman–Crippen MR) is 100.0 cm³/mol. The van der Waals surface area contributed by atoms with Gasteiger partial charge in [0.15, 0.2) is 0 Å². The standard InChI is InChI=1S/C20H14BrFN2O/c21-15-8-5-14(17(22)11-15)12-25-16-9-6-13(7-10-16)20-23-18-3-1-2-4-19(18)24-20/h1-11H,12H2,(H,23,24). The van der Waals surface area contributed by atoms with Crippen molar-refractivity contribution in [2.24, 2.45) is 0 Å². The molecule has 0 fully saturated rings. The second-order valence-electron chi connectivity index (χ2n) is 5.65. The maximum atomic E-state index is 13.8. The number of H-pyrrole nitrogens is 1. The molecule has 1 N–H and O–H groups in total. The third-order valence-electron chi connectivity index (χ3n) is 3.93. The highest BCUT2D eigenvalue weighted by atomic mass is 79.9. The number of benzene rings is 3. The van der Waals surface area contributed by atoms with E-state index in [9.17, 15) is 4.39 Å². The minimum atomic E-state index is -0.284. The van der Waals surface area contributed by atoms with E-state index in [1.54, 1.807) is 12.1 Å². The van der Waals surface area contributed by atoms with Crippen LogP contribution in [0.5, 0.6) is 5.75 Å². The summed E-state index contributed by atoms with van der Waals surface area (Å²) in [6.45, 7) is 0.184. The van der Waals surface area contributed by atoms with Crippen molar-refractivity contribution in [2.75, 3.05) is 0 Å². The lowest BCUT2D eigenvalue weighted by Gasteiger charge is -2.08. The number of fused-ring (bicyclic) bond motifs is 1. The van der Waals surface area contributed by atoms with E-state index in [1.807, 2.05) is 48.5 Å². The van der Waals surface area contributed by atoms with Crippen LogP contribution in [0.2, 0.25) is 0 Å². The van der Waals surface area contributed by atoms with Crippen LogP contribution in [0.25, 0.3) is 22.4 Å². The van der Waals surface area contributed by atoms with Gasteiger partial charge >= 0.3 is 0 Å². The summed E-state index contributed by atoms with van der Waals surface area (Å²) in [7, 11) is 0. The van der Waals surface area contributed by atoms with Gasteiger partial charge in [-0.25, -0.2) is 9.37 Å². The molecule has 1 aromatic heterocycles. The van der Waals surface area contributed by atoms with Gasteiger partial charge in [-0.1, -0.05) is 34.1 Å². The van der Waals surface area contributed by atoms with E-state index in [1.165, 1.54) is 6.07 Å². The first-order valence-corrected chi connectivity index (χ1v) is 8.60. The van der Waals surface area contributed by atoms with Crippen molar-refractivity contribution in [2.45, 2.75) is 6.61 Å². The molecule has 25 heavy (non-hydrogen) atoms. The number of rotatable bonds is 4. The lowest BCUT2D eigenvalue weighted by atomic mass is 10.2. The third-order valence-corrected chi connectivity index (χ3v) is 4.42. The van der Waals surface area contributed by atoms with E-state index in [0.717, 1.165) is 22.4 Å². The van der Waals surface area contributed by atoms with Crippen molar-refractivity contribution >= 4 is 27.0 Å². The Morgan fingerprint density at radius 3 is 2.56 bits per heavy atom. The highest BCUT2D eigenvalue weighted by Gasteiger charge is 2.06. The number of nitrogens with zero attached hydrogens (tertiary/aromatic N) is 1. The molecule has 0 unspecified atom stereocenters. The van der Waals surface area contributed by atoms with Gasteiger partial charge in [-0.15, -0.1) is 0 Å². The van der Waals surface area contributed by atoms with Gasteiger partial charge in [0.05, 0.1) is 11.0 Å². The maximum absolute atomic E-state index is 13.8. The molecule has 0 spiro atoms. The molecule has 0 amide bonds. The van der Waals surface area contributed by atoms with Crippen LogP contribution in [0, 0.1) is 5.82 Å². The van der Waals surface area contributed by atoms with Crippen LogP contribution in [0.3, 0.4) is 0 Å². The molecule has 0 saturated carbocycles. The Balaban J connectivity index is 1.49. The molecule has 5 heteroatoms. The molecule has 3 aromatic carbocycles. The summed E-state index contributed by atoms with van der Waals surface area (Å²) in [5.41, 5.74) is 3.43. The molecular weight excluding hydrogens is 383 g/mol. The fourth-order valence-electron chi connectivity index (χ4n) is 2.60. The number of aromatic amines is 1. The van der Waals surface area contributed by atoms with E-state index >= 15 is 0 Å². The van der Waals surface area contributed by atoms with Crippen molar-refractivity contribution in [1.82, 2.24) is 9.97 Å². The Morgan fingerprint density at radius 2 is 1.80 bits per heavy atom. The topological polar surface area (TPSA) is 37.9 Å². The Bertz CT molecular complexity index is 994. The number of ether oxygens (including phenoxy) is 1. The zero-order valence-corrected chi connectivity index (χ0v) is 14.8. The molecule has 0 radical (unpaired) electrons. The summed E-state index contributed by atoms with van der Waals surface area (Å²) in [6.07, 6.45) is 0. The Hall–Kier alpha value is -2.66. The second kappa shape index (κ2) is 6.69. The van der Waals surface area contributed by atoms with E-state index in [4.69, 9.17) is 4.74 Å². The highest BCUT2D eigenvalue weighted by molar-refractivity contribution is 9.10. The molecule has 0 aliphatic carbocycles. The maximum Gasteiger partial charge on any atom is 0.138 e. The van der Waals surface area contributed by atoms with E-state index in [0.29, 0.717) is 15.8 Å². The normalized spacial score (nSPS) is 11.0. The summed E-state index contributed by atoms with van der Waals surface area (Å²) in [6, 6.07) is 20.4. The highest BCUT2D eigenvalue weighted by Crippen LogP contribution is 2.24. The van der Waals surface area contributed by atoms with Crippen LogP contribution in [-0.4, -0.2) is 9.97 Å².